The lowest BCUT2D eigenvalue weighted by molar-refractivity contribution is -0.143. The highest BCUT2D eigenvalue weighted by Crippen LogP contribution is 2.42. The molecule has 2 heterocycles. The van der Waals surface area contributed by atoms with Gasteiger partial charge in [0.1, 0.15) is 5.75 Å². The number of aliphatic hydroxyl groups is 1. The molecule has 0 amide bonds. The fourth-order valence-corrected chi connectivity index (χ4v) is 6.08. The van der Waals surface area contributed by atoms with Crippen LogP contribution in [0.3, 0.4) is 0 Å². The smallest absolute Gasteiger partial charge is 0.416 e. The molecule has 210 valence electrons. The van der Waals surface area contributed by atoms with Crippen LogP contribution in [-0.4, -0.2) is 62.7 Å². The van der Waals surface area contributed by atoms with Gasteiger partial charge in [0.2, 0.25) is 0 Å². The number of H-pyrrole nitrogens is 1. The number of hydrogen-bond donors (Lipinski definition) is 4. The van der Waals surface area contributed by atoms with Crippen LogP contribution in [-0.2, 0) is 11.0 Å². The molecule has 0 saturated carbocycles. The second-order valence-electron chi connectivity index (χ2n) is 9.66. The van der Waals surface area contributed by atoms with E-state index in [1.807, 2.05) is 0 Å². The van der Waals surface area contributed by atoms with Gasteiger partial charge in [-0.15, -0.1) is 11.8 Å². The number of alkyl halides is 3. The van der Waals surface area contributed by atoms with E-state index in [2.05, 4.69) is 9.88 Å². The summed E-state index contributed by atoms with van der Waals surface area (Å²) in [5.41, 5.74) is -1.11. The number of carbonyl (C=O) groups is 1. The van der Waals surface area contributed by atoms with Gasteiger partial charge in [0.15, 0.2) is 0 Å². The normalized spacial score (nSPS) is 17.4. The zero-order valence-corrected chi connectivity index (χ0v) is 22.4. The molecule has 1 aliphatic rings. The number of aromatic hydroxyl groups is 1. The summed E-state index contributed by atoms with van der Waals surface area (Å²) >= 11 is 7.12. The number of carboxylic acid groups (broad SMARTS) is 1. The highest BCUT2D eigenvalue weighted by molar-refractivity contribution is 7.99. The maximum atomic E-state index is 13.5. The number of aromatic amines is 1. The van der Waals surface area contributed by atoms with Crippen molar-refractivity contribution in [1.29, 1.82) is 0 Å². The summed E-state index contributed by atoms with van der Waals surface area (Å²) in [5, 5.41) is 30.8. The second-order valence-corrected chi connectivity index (χ2v) is 11.1. The molecule has 7 nitrogen and oxygen atoms in total. The van der Waals surface area contributed by atoms with E-state index in [1.54, 1.807) is 0 Å². The van der Waals surface area contributed by atoms with E-state index >= 15 is 0 Å². The molecule has 4 N–H and O–H groups in total. The fraction of sp³-hybridized carbons (Fsp3) is 0.407. The predicted octanol–water partition coefficient (Wildman–Crippen LogP) is 5.60. The van der Waals surface area contributed by atoms with E-state index in [0.29, 0.717) is 32.4 Å². The average Bonchev–Trinajstić information content (AvgIpc) is 2.88. The summed E-state index contributed by atoms with van der Waals surface area (Å²) in [6, 6.07) is 7.08. The monoisotopic (exact) mass is 584 g/mol. The molecule has 2 unspecified atom stereocenters. The Morgan fingerprint density at radius 3 is 2.72 bits per heavy atom. The van der Waals surface area contributed by atoms with Gasteiger partial charge in [-0.2, -0.15) is 13.2 Å². The summed E-state index contributed by atoms with van der Waals surface area (Å²) in [5.74, 6) is -1.37. The summed E-state index contributed by atoms with van der Waals surface area (Å²) in [4.78, 5) is 29.1. The van der Waals surface area contributed by atoms with Crippen molar-refractivity contribution in [3.63, 3.8) is 0 Å². The van der Waals surface area contributed by atoms with Gasteiger partial charge in [-0.25, -0.2) is 0 Å². The molecule has 3 aromatic rings. The Kier molecular flexibility index (Phi) is 9.15. The Bertz CT molecular complexity index is 1410. The number of phenols is 1. The summed E-state index contributed by atoms with van der Waals surface area (Å²) in [6.07, 6.45) is -3.00. The van der Waals surface area contributed by atoms with Crippen LogP contribution in [0.5, 0.6) is 5.75 Å². The van der Waals surface area contributed by atoms with Gasteiger partial charge < -0.3 is 25.2 Å². The molecule has 4 rings (SSSR count). The molecule has 1 saturated heterocycles. The number of halogens is 4. The minimum Gasteiger partial charge on any atom is -0.507 e. The third-order valence-corrected chi connectivity index (χ3v) is 8.28. The molecule has 1 aliphatic heterocycles. The van der Waals surface area contributed by atoms with E-state index in [4.69, 9.17) is 11.6 Å². The van der Waals surface area contributed by atoms with Crippen LogP contribution >= 0.6 is 23.4 Å². The lowest BCUT2D eigenvalue weighted by Gasteiger charge is -2.30. The summed E-state index contributed by atoms with van der Waals surface area (Å²) < 4.78 is 40.6. The number of carboxylic acids is 1. The number of pyridine rings is 1. The minimum absolute atomic E-state index is 0.0544. The number of aromatic nitrogens is 1. The summed E-state index contributed by atoms with van der Waals surface area (Å²) in [6.45, 7) is 1.90. The van der Waals surface area contributed by atoms with E-state index in [1.165, 1.54) is 24.3 Å². The van der Waals surface area contributed by atoms with Gasteiger partial charge in [-0.05, 0) is 75.2 Å². The Hall–Kier alpha value is -2.73. The number of aliphatic carboxylic acids is 1. The number of fused-ring (bicyclic) bond motifs is 1. The van der Waals surface area contributed by atoms with Crippen LogP contribution in [0.15, 0.2) is 46.1 Å². The first-order chi connectivity index (χ1) is 18.4. The van der Waals surface area contributed by atoms with Gasteiger partial charge in [0, 0.05) is 39.4 Å². The topological polar surface area (TPSA) is 114 Å². The first-order valence-corrected chi connectivity index (χ1v) is 13.8. The van der Waals surface area contributed by atoms with Crippen molar-refractivity contribution in [2.45, 2.75) is 42.9 Å². The maximum Gasteiger partial charge on any atom is 0.416 e. The molecule has 12 heteroatoms. The van der Waals surface area contributed by atoms with E-state index in [9.17, 15) is 38.1 Å². The van der Waals surface area contributed by atoms with Crippen molar-refractivity contribution in [1.82, 2.24) is 9.88 Å². The maximum absolute atomic E-state index is 13.5. The number of hydrogen-bond acceptors (Lipinski definition) is 6. The highest BCUT2D eigenvalue weighted by Gasteiger charge is 2.31. The fourth-order valence-electron chi connectivity index (χ4n) is 4.84. The lowest BCUT2D eigenvalue weighted by Crippen LogP contribution is -2.39. The van der Waals surface area contributed by atoms with Gasteiger partial charge >= 0.3 is 12.1 Å². The molecule has 39 heavy (non-hydrogen) atoms. The number of phenolic OH excluding ortho intramolecular Hbond substituents is 1. The Balaban J connectivity index is 1.57. The van der Waals surface area contributed by atoms with Crippen LogP contribution in [0.2, 0.25) is 5.02 Å². The van der Waals surface area contributed by atoms with Crippen LogP contribution < -0.4 is 5.56 Å². The third-order valence-electron chi connectivity index (χ3n) is 6.81. The van der Waals surface area contributed by atoms with Gasteiger partial charge in [0.25, 0.3) is 5.56 Å². The molecule has 2 atom stereocenters. The van der Waals surface area contributed by atoms with Crippen LogP contribution in [0.4, 0.5) is 13.2 Å². The zero-order chi connectivity index (χ0) is 28.3. The van der Waals surface area contributed by atoms with Crippen LogP contribution in [0.25, 0.3) is 22.0 Å². The molecule has 0 bridgehead atoms. The van der Waals surface area contributed by atoms with Crippen molar-refractivity contribution < 1.29 is 33.3 Å². The van der Waals surface area contributed by atoms with Crippen molar-refractivity contribution >= 4 is 40.2 Å². The largest absolute Gasteiger partial charge is 0.507 e. The zero-order valence-electron chi connectivity index (χ0n) is 20.8. The number of piperidine rings is 1. The average molecular weight is 585 g/mol. The number of thioether (sulfide) groups is 1. The first kappa shape index (κ1) is 29.3. The van der Waals surface area contributed by atoms with Crippen molar-refractivity contribution in [3.05, 3.63) is 57.3 Å². The summed E-state index contributed by atoms with van der Waals surface area (Å²) in [7, 11) is 0. The second kappa shape index (κ2) is 12.2. The minimum atomic E-state index is -4.62. The predicted molar refractivity (Wildman–Crippen MR) is 144 cm³/mol. The van der Waals surface area contributed by atoms with Crippen molar-refractivity contribution in [2.24, 2.45) is 5.92 Å². The Morgan fingerprint density at radius 2 is 2.00 bits per heavy atom. The van der Waals surface area contributed by atoms with Crippen molar-refractivity contribution in [2.75, 3.05) is 25.4 Å². The first-order valence-electron chi connectivity index (χ1n) is 12.5. The molecule has 2 aromatic carbocycles. The number of benzene rings is 2. The lowest BCUT2D eigenvalue weighted by atomic mass is 9.98. The molecule has 1 aromatic heterocycles. The molecule has 0 spiro atoms. The Morgan fingerprint density at radius 1 is 1.23 bits per heavy atom. The molecular formula is C27H28ClF3N2O5S. The Labute approximate surface area is 231 Å². The van der Waals surface area contributed by atoms with E-state index in [0.717, 1.165) is 36.9 Å². The SMILES string of the molecule is O=C(O)C1CCCN(CCCC(O)CSc2c(-c3cc(Cl)ccc3O)c3cc(C(F)(F)F)ccc3[nH]c2=O)C1. The van der Waals surface area contributed by atoms with E-state index < -0.39 is 35.3 Å². The number of aliphatic hydroxyl groups excluding tert-OH is 1. The van der Waals surface area contributed by atoms with E-state index in [-0.39, 0.29) is 43.5 Å². The number of nitrogens with one attached hydrogen (secondary N) is 1. The van der Waals surface area contributed by atoms with Crippen LogP contribution in [0, 0.1) is 5.92 Å². The highest BCUT2D eigenvalue weighted by atomic mass is 35.5. The van der Waals surface area contributed by atoms with Gasteiger partial charge in [-0.1, -0.05) is 11.6 Å². The van der Waals surface area contributed by atoms with Crippen molar-refractivity contribution in [3.8, 4) is 16.9 Å². The van der Waals surface area contributed by atoms with Gasteiger partial charge in [0.05, 0.1) is 22.5 Å². The molecule has 0 aliphatic carbocycles. The standard InChI is InChI=1S/C27H28ClF3N2O5S/c28-17-6-8-22(35)20(12-17)23-19-11-16(27(29,30)31)5-7-21(19)32-25(36)24(23)39-14-18(34)4-2-10-33-9-1-3-15(13-33)26(37)38/h5-8,11-12,15,18,34-35H,1-4,9-10,13-14H2,(H,32,36)(H,37,38). The third kappa shape index (κ3) is 7.08. The number of likely N-dealkylation sites (tertiary alicyclic amines) is 1. The quantitative estimate of drug-likeness (QED) is 0.242. The molecular weight excluding hydrogens is 557 g/mol. The number of nitrogens with zero attached hydrogens (tertiary/aromatic N) is 1. The number of rotatable bonds is 9. The van der Waals surface area contributed by atoms with Gasteiger partial charge in [-0.3, -0.25) is 9.59 Å². The molecule has 1 fully saturated rings. The van der Waals surface area contributed by atoms with Crippen LogP contribution in [0.1, 0.15) is 31.2 Å². The molecule has 0 radical (unpaired) electrons.